The number of benzene rings is 1. The van der Waals surface area contributed by atoms with Crippen LogP contribution < -0.4 is 10.1 Å². The molecule has 2 fully saturated rings. The molecule has 1 saturated heterocycles. The Kier molecular flexibility index (Phi) is 7.51. The maximum atomic E-state index is 12.7. The lowest BCUT2D eigenvalue weighted by atomic mass is 9.49. The number of hydrogen-bond acceptors (Lipinski definition) is 4. The number of rotatable bonds is 8. The summed E-state index contributed by atoms with van der Waals surface area (Å²) in [6, 6.07) is 7.39. The van der Waals surface area contributed by atoms with E-state index in [2.05, 4.69) is 30.1 Å². The van der Waals surface area contributed by atoms with Gasteiger partial charge in [-0.15, -0.1) is 0 Å². The molecule has 1 saturated carbocycles. The van der Waals surface area contributed by atoms with Crippen molar-refractivity contribution in [2.24, 2.45) is 17.3 Å². The maximum Gasteiger partial charge on any atom is 0.321 e. The lowest BCUT2D eigenvalue weighted by Crippen LogP contribution is -2.52. The average molecular weight is 469 g/mol. The first kappa shape index (κ1) is 24.6. The minimum absolute atomic E-state index is 0.0696. The molecule has 5 rings (SSSR count). The van der Waals surface area contributed by atoms with Crippen molar-refractivity contribution in [2.45, 2.75) is 40.5 Å². The molecule has 7 heteroatoms. The molecule has 3 amide bonds. The number of anilines is 1. The lowest BCUT2D eigenvalue weighted by Gasteiger charge is -2.57. The molecule has 0 spiro atoms. The van der Waals surface area contributed by atoms with E-state index < -0.39 is 0 Å². The second kappa shape index (κ2) is 10.4. The molecular weight excluding hydrogens is 428 g/mol. The first-order valence-electron chi connectivity index (χ1n) is 12.7. The topological polar surface area (TPSA) is 65.1 Å². The van der Waals surface area contributed by atoms with Gasteiger partial charge in [-0.1, -0.05) is 25.5 Å². The van der Waals surface area contributed by atoms with Gasteiger partial charge >= 0.3 is 6.03 Å². The van der Waals surface area contributed by atoms with Gasteiger partial charge in [-0.2, -0.15) is 0 Å². The molecule has 1 aromatic carbocycles. The zero-order valence-corrected chi connectivity index (χ0v) is 21.2. The summed E-state index contributed by atoms with van der Waals surface area (Å²) in [5.41, 5.74) is 2.61. The van der Waals surface area contributed by atoms with Crippen LogP contribution in [0, 0.1) is 17.3 Å². The number of fused-ring (bicyclic) bond motifs is 1. The van der Waals surface area contributed by atoms with Crippen LogP contribution in [-0.2, 0) is 4.79 Å². The highest BCUT2D eigenvalue weighted by Crippen LogP contribution is 2.59. The van der Waals surface area contributed by atoms with Crippen molar-refractivity contribution in [2.75, 3.05) is 57.7 Å². The van der Waals surface area contributed by atoms with Crippen molar-refractivity contribution >= 4 is 17.6 Å². The Morgan fingerprint density at radius 1 is 1.15 bits per heavy atom. The van der Waals surface area contributed by atoms with E-state index in [4.69, 9.17) is 4.74 Å². The number of amides is 3. The van der Waals surface area contributed by atoms with E-state index in [1.54, 1.807) is 6.92 Å². The Morgan fingerprint density at radius 2 is 1.85 bits per heavy atom. The molecule has 0 radical (unpaired) electrons. The van der Waals surface area contributed by atoms with Crippen molar-refractivity contribution in [1.82, 2.24) is 14.7 Å². The summed E-state index contributed by atoms with van der Waals surface area (Å²) in [6.07, 6.45) is 4.83. The van der Waals surface area contributed by atoms with E-state index in [0.29, 0.717) is 31.0 Å². The van der Waals surface area contributed by atoms with E-state index in [1.165, 1.54) is 12.0 Å². The van der Waals surface area contributed by atoms with Gasteiger partial charge in [0.05, 0.1) is 6.61 Å². The molecule has 3 aliphatic carbocycles. The maximum absolute atomic E-state index is 12.7. The van der Waals surface area contributed by atoms with E-state index >= 15 is 0 Å². The fraction of sp³-hybridized carbons (Fsp3) is 0.630. The van der Waals surface area contributed by atoms with Crippen molar-refractivity contribution < 1.29 is 14.3 Å². The van der Waals surface area contributed by atoms with E-state index in [9.17, 15) is 9.59 Å². The first-order chi connectivity index (χ1) is 16.3. The molecule has 1 aromatic rings. The summed E-state index contributed by atoms with van der Waals surface area (Å²) in [5.74, 6) is 2.39. The minimum atomic E-state index is -0.0696. The van der Waals surface area contributed by atoms with Crippen molar-refractivity contribution in [3.8, 4) is 5.75 Å². The summed E-state index contributed by atoms with van der Waals surface area (Å²) in [7, 11) is 0. The normalized spacial score (nSPS) is 23.5. The van der Waals surface area contributed by atoms with E-state index in [1.807, 2.05) is 41.0 Å². The number of nitrogens with one attached hydrogen (secondary N) is 1. The van der Waals surface area contributed by atoms with Crippen LogP contribution in [0.15, 0.2) is 35.9 Å². The highest BCUT2D eigenvalue weighted by molar-refractivity contribution is 5.89. The summed E-state index contributed by atoms with van der Waals surface area (Å²) < 4.78 is 5.45. The van der Waals surface area contributed by atoms with Gasteiger partial charge in [0.15, 0.2) is 0 Å². The van der Waals surface area contributed by atoms with Gasteiger partial charge < -0.3 is 19.9 Å². The molecule has 1 aliphatic heterocycles. The summed E-state index contributed by atoms with van der Waals surface area (Å²) in [6.45, 7) is 14.4. The predicted octanol–water partition coefficient (Wildman–Crippen LogP) is 4.08. The van der Waals surface area contributed by atoms with Crippen LogP contribution in [0.3, 0.4) is 0 Å². The van der Waals surface area contributed by atoms with Crippen molar-refractivity contribution in [1.29, 1.82) is 0 Å². The van der Waals surface area contributed by atoms with Gasteiger partial charge in [-0.05, 0) is 61.3 Å². The lowest BCUT2D eigenvalue weighted by molar-refractivity contribution is -0.129. The van der Waals surface area contributed by atoms with Gasteiger partial charge in [0.2, 0.25) is 5.91 Å². The number of carbonyl (C=O) groups excluding carboxylic acids is 2. The average Bonchev–Trinajstić information content (AvgIpc) is 2.83. The third kappa shape index (κ3) is 5.40. The first-order valence-corrected chi connectivity index (χ1v) is 12.7. The number of piperazine rings is 1. The standard InChI is InChI=1S/C27H40N4O3/c1-5-34-24-10-8-23(9-11-24)28-26(33)30-15-12-29(13-16-30)14-17-31(20(2)32)19-21-6-7-22-18-25(21)27(22,3)4/h6,8-11,22,25H,5,7,12-19H2,1-4H3,(H,28,33). The Morgan fingerprint density at radius 3 is 2.44 bits per heavy atom. The number of allylic oxidation sites excluding steroid dienone is 1. The monoisotopic (exact) mass is 468 g/mol. The SMILES string of the molecule is CCOc1ccc(NC(=O)N2CCN(CCN(CC3=CCC4CC3C4(C)C)C(C)=O)CC2)cc1. The second-order valence-electron chi connectivity index (χ2n) is 10.5. The van der Waals surface area contributed by atoms with Gasteiger partial charge in [-0.25, -0.2) is 4.79 Å². The third-order valence-corrected chi connectivity index (χ3v) is 8.16. The molecule has 0 aromatic heterocycles. The zero-order valence-electron chi connectivity index (χ0n) is 21.2. The van der Waals surface area contributed by atoms with Gasteiger partial charge in [0, 0.05) is 58.4 Å². The molecule has 1 N–H and O–H groups in total. The predicted molar refractivity (Wildman–Crippen MR) is 135 cm³/mol. The van der Waals surface area contributed by atoms with Crippen LogP contribution >= 0.6 is 0 Å². The fourth-order valence-electron chi connectivity index (χ4n) is 5.66. The molecule has 2 unspecified atom stereocenters. The summed E-state index contributed by atoms with van der Waals surface area (Å²) in [5, 5.41) is 2.97. The Bertz CT molecular complexity index is 903. The van der Waals surface area contributed by atoms with Crippen LogP contribution in [0.1, 0.15) is 40.5 Å². The van der Waals surface area contributed by atoms with Crippen LogP contribution in [0.2, 0.25) is 0 Å². The second-order valence-corrected chi connectivity index (χ2v) is 10.5. The molecule has 186 valence electrons. The molecule has 4 aliphatic rings. The van der Waals surface area contributed by atoms with Gasteiger partial charge in [-0.3, -0.25) is 9.69 Å². The van der Waals surface area contributed by atoms with Crippen LogP contribution in [-0.4, -0.2) is 79.1 Å². The van der Waals surface area contributed by atoms with Gasteiger partial charge in [0.1, 0.15) is 5.75 Å². The van der Waals surface area contributed by atoms with Crippen LogP contribution in [0.5, 0.6) is 5.75 Å². The highest BCUT2D eigenvalue weighted by Gasteiger charge is 2.51. The smallest absolute Gasteiger partial charge is 0.321 e. The molecule has 2 atom stereocenters. The Balaban J connectivity index is 1.21. The van der Waals surface area contributed by atoms with E-state index in [-0.39, 0.29) is 11.9 Å². The van der Waals surface area contributed by atoms with Crippen LogP contribution in [0.4, 0.5) is 10.5 Å². The minimum Gasteiger partial charge on any atom is -0.494 e. The van der Waals surface area contributed by atoms with Crippen molar-refractivity contribution in [3.05, 3.63) is 35.9 Å². The fourth-order valence-corrected chi connectivity index (χ4v) is 5.66. The zero-order chi connectivity index (χ0) is 24.3. The number of ether oxygens (including phenoxy) is 1. The third-order valence-electron chi connectivity index (χ3n) is 8.16. The quantitative estimate of drug-likeness (QED) is 0.584. The largest absolute Gasteiger partial charge is 0.494 e. The number of hydrogen-bond donors (Lipinski definition) is 1. The molecule has 2 bridgehead atoms. The highest BCUT2D eigenvalue weighted by atomic mass is 16.5. The molecular formula is C27H40N4O3. The molecule has 7 nitrogen and oxygen atoms in total. The van der Waals surface area contributed by atoms with E-state index in [0.717, 1.165) is 56.5 Å². The van der Waals surface area contributed by atoms with Gasteiger partial charge in [0.25, 0.3) is 0 Å². The molecule has 34 heavy (non-hydrogen) atoms. The van der Waals surface area contributed by atoms with Crippen LogP contribution in [0.25, 0.3) is 0 Å². The van der Waals surface area contributed by atoms with Crippen molar-refractivity contribution in [3.63, 3.8) is 0 Å². The summed E-state index contributed by atoms with van der Waals surface area (Å²) in [4.78, 5) is 31.2. The molecule has 1 heterocycles. The summed E-state index contributed by atoms with van der Waals surface area (Å²) >= 11 is 0. The number of nitrogens with zero attached hydrogens (tertiary/aromatic N) is 3. The number of carbonyl (C=O) groups is 2. The Labute approximate surface area is 204 Å². The Hall–Kier alpha value is -2.54. The number of urea groups is 1.